The van der Waals surface area contributed by atoms with Gasteiger partial charge in [0.25, 0.3) is 0 Å². The van der Waals surface area contributed by atoms with Crippen molar-refractivity contribution in [1.82, 2.24) is 5.32 Å². The fourth-order valence-electron chi connectivity index (χ4n) is 2.45. The van der Waals surface area contributed by atoms with E-state index in [4.69, 9.17) is 4.74 Å². The third-order valence-electron chi connectivity index (χ3n) is 3.45. The van der Waals surface area contributed by atoms with E-state index < -0.39 is 0 Å². The van der Waals surface area contributed by atoms with Gasteiger partial charge in [-0.3, -0.25) is 0 Å². The zero-order valence-corrected chi connectivity index (χ0v) is 10.0. The molecule has 3 nitrogen and oxygen atoms in total. The number of nitrogens with zero attached hydrogens (tertiary/aromatic N) is 1. The molecule has 17 heavy (non-hydrogen) atoms. The highest BCUT2D eigenvalue weighted by atomic mass is 19.1. The fraction of sp³-hybridized carbons (Fsp3) is 0.538. The van der Waals surface area contributed by atoms with Crippen molar-refractivity contribution in [2.45, 2.75) is 13.0 Å². The summed E-state index contributed by atoms with van der Waals surface area (Å²) in [7, 11) is 0. The predicted molar refractivity (Wildman–Crippen MR) is 64.9 cm³/mol. The Bertz CT molecular complexity index is 402. The third-order valence-corrected chi connectivity index (χ3v) is 3.45. The number of rotatable bonds is 2. The number of ether oxygens (including phenoxy) is 1. The maximum Gasteiger partial charge on any atom is 0.130 e. The molecule has 0 amide bonds. The van der Waals surface area contributed by atoms with E-state index in [1.54, 1.807) is 6.07 Å². The van der Waals surface area contributed by atoms with E-state index in [1.165, 1.54) is 0 Å². The maximum atomic E-state index is 14.1. The molecule has 3 rings (SSSR count). The first-order chi connectivity index (χ1) is 8.25. The molecule has 2 fully saturated rings. The summed E-state index contributed by atoms with van der Waals surface area (Å²) in [6, 6.07) is 3.98. The Balaban J connectivity index is 1.90. The molecule has 0 radical (unpaired) electrons. The molecule has 0 aromatic heterocycles. The van der Waals surface area contributed by atoms with Crippen LogP contribution in [0.3, 0.4) is 0 Å². The molecule has 2 aliphatic rings. The van der Waals surface area contributed by atoms with Gasteiger partial charge in [0.2, 0.25) is 0 Å². The summed E-state index contributed by atoms with van der Waals surface area (Å²) in [5.41, 5.74) is 2.86. The lowest BCUT2D eigenvalue weighted by Gasteiger charge is -2.29. The summed E-state index contributed by atoms with van der Waals surface area (Å²) < 4.78 is 19.4. The molecular formula is C13H17FN2O. The molecule has 2 heterocycles. The minimum Gasteiger partial charge on any atom is -0.378 e. The number of morpholine rings is 1. The summed E-state index contributed by atoms with van der Waals surface area (Å²) >= 11 is 0. The Labute approximate surface area is 101 Å². The van der Waals surface area contributed by atoms with E-state index in [-0.39, 0.29) is 11.9 Å². The molecule has 1 N–H and O–H groups in total. The van der Waals surface area contributed by atoms with E-state index in [0.29, 0.717) is 0 Å². The first-order valence-corrected chi connectivity index (χ1v) is 6.12. The summed E-state index contributed by atoms with van der Waals surface area (Å²) in [4.78, 5) is 2.18. The van der Waals surface area contributed by atoms with E-state index in [2.05, 4.69) is 16.3 Å². The molecule has 1 atom stereocenters. The Morgan fingerprint density at radius 1 is 1.35 bits per heavy atom. The molecule has 2 saturated heterocycles. The highest BCUT2D eigenvalue weighted by Gasteiger charge is 2.28. The van der Waals surface area contributed by atoms with Crippen LogP contribution in [0.25, 0.3) is 0 Å². The minimum atomic E-state index is -0.0820. The first-order valence-electron chi connectivity index (χ1n) is 6.12. The molecule has 0 bridgehead atoms. The molecule has 2 aliphatic heterocycles. The van der Waals surface area contributed by atoms with Gasteiger partial charge in [0.05, 0.1) is 13.2 Å². The lowest BCUT2D eigenvalue weighted by atomic mass is 10.0. The van der Waals surface area contributed by atoms with Crippen molar-refractivity contribution in [2.75, 3.05) is 37.7 Å². The van der Waals surface area contributed by atoms with E-state index in [9.17, 15) is 4.39 Å². The molecule has 0 spiro atoms. The van der Waals surface area contributed by atoms with Crippen LogP contribution in [0.2, 0.25) is 0 Å². The van der Waals surface area contributed by atoms with Crippen LogP contribution in [-0.4, -0.2) is 32.8 Å². The molecular weight excluding hydrogens is 219 g/mol. The molecule has 1 aromatic rings. The van der Waals surface area contributed by atoms with Gasteiger partial charge in [0.15, 0.2) is 0 Å². The number of anilines is 1. The normalized spacial score (nSPS) is 23.9. The topological polar surface area (TPSA) is 34.4 Å². The number of hydrogen-bond acceptors (Lipinski definition) is 3. The third kappa shape index (κ3) is 2.15. The van der Waals surface area contributed by atoms with Crippen molar-refractivity contribution in [3.63, 3.8) is 0 Å². The van der Waals surface area contributed by atoms with Gasteiger partial charge in [-0.25, -0.2) is 4.39 Å². The van der Waals surface area contributed by atoms with Crippen molar-refractivity contribution in [3.05, 3.63) is 29.1 Å². The minimum absolute atomic E-state index is 0.0820. The standard InChI is InChI=1S/C13H17FN2O/c1-9-6-10(16-2-4-17-5-3-16)7-11(14)13(9)12-8-15-12/h6-7,12,15H,2-5,8H2,1H3. The van der Waals surface area contributed by atoms with Crippen molar-refractivity contribution in [2.24, 2.45) is 0 Å². The van der Waals surface area contributed by atoms with Crippen LogP contribution in [0, 0.1) is 12.7 Å². The van der Waals surface area contributed by atoms with E-state index >= 15 is 0 Å². The largest absolute Gasteiger partial charge is 0.378 e. The van der Waals surface area contributed by atoms with Crippen LogP contribution in [0.1, 0.15) is 17.2 Å². The van der Waals surface area contributed by atoms with Crippen molar-refractivity contribution in [1.29, 1.82) is 0 Å². The van der Waals surface area contributed by atoms with E-state index in [1.807, 2.05) is 6.92 Å². The SMILES string of the molecule is Cc1cc(N2CCOCC2)cc(F)c1C1CN1. The summed E-state index contributed by atoms with van der Waals surface area (Å²) in [6.07, 6.45) is 0. The summed E-state index contributed by atoms with van der Waals surface area (Å²) in [5.74, 6) is -0.0820. The number of hydrogen-bond donors (Lipinski definition) is 1. The second-order valence-corrected chi connectivity index (χ2v) is 4.72. The molecule has 1 unspecified atom stereocenters. The Morgan fingerprint density at radius 2 is 2.06 bits per heavy atom. The number of nitrogens with one attached hydrogen (secondary N) is 1. The van der Waals surface area contributed by atoms with Gasteiger partial charge >= 0.3 is 0 Å². The highest BCUT2D eigenvalue weighted by molar-refractivity contribution is 5.53. The van der Waals surface area contributed by atoms with Gasteiger partial charge in [0, 0.05) is 36.9 Å². The van der Waals surface area contributed by atoms with Gasteiger partial charge in [-0.2, -0.15) is 0 Å². The van der Waals surface area contributed by atoms with Crippen LogP contribution in [0.4, 0.5) is 10.1 Å². The Hall–Kier alpha value is -1.13. The summed E-state index contributed by atoms with van der Waals surface area (Å²) in [6.45, 7) is 6.04. The van der Waals surface area contributed by atoms with Crippen molar-refractivity contribution >= 4 is 5.69 Å². The number of aryl methyl sites for hydroxylation is 1. The van der Waals surface area contributed by atoms with Crippen molar-refractivity contribution < 1.29 is 9.13 Å². The van der Waals surface area contributed by atoms with Gasteiger partial charge in [-0.1, -0.05) is 0 Å². The van der Waals surface area contributed by atoms with Crippen LogP contribution < -0.4 is 10.2 Å². The average molecular weight is 236 g/mol. The second kappa shape index (κ2) is 4.27. The monoisotopic (exact) mass is 236 g/mol. The van der Waals surface area contributed by atoms with Gasteiger partial charge in [0.1, 0.15) is 5.82 Å². The maximum absolute atomic E-state index is 14.1. The Kier molecular flexibility index (Phi) is 2.76. The van der Waals surface area contributed by atoms with Crippen LogP contribution in [0.5, 0.6) is 0 Å². The zero-order valence-electron chi connectivity index (χ0n) is 10.0. The number of benzene rings is 1. The Morgan fingerprint density at radius 3 is 2.65 bits per heavy atom. The van der Waals surface area contributed by atoms with Gasteiger partial charge < -0.3 is 15.0 Å². The molecule has 0 aliphatic carbocycles. The quantitative estimate of drug-likeness (QED) is 0.792. The second-order valence-electron chi connectivity index (χ2n) is 4.72. The fourth-order valence-corrected chi connectivity index (χ4v) is 2.45. The zero-order chi connectivity index (χ0) is 11.8. The van der Waals surface area contributed by atoms with Gasteiger partial charge in [-0.05, 0) is 24.6 Å². The lowest BCUT2D eigenvalue weighted by Crippen LogP contribution is -2.36. The predicted octanol–water partition coefficient (Wildman–Crippen LogP) is 1.62. The van der Waals surface area contributed by atoms with Crippen molar-refractivity contribution in [3.8, 4) is 0 Å². The van der Waals surface area contributed by atoms with Crippen LogP contribution in [0.15, 0.2) is 12.1 Å². The van der Waals surface area contributed by atoms with Crippen LogP contribution >= 0.6 is 0 Å². The van der Waals surface area contributed by atoms with Gasteiger partial charge in [-0.15, -0.1) is 0 Å². The molecule has 92 valence electrons. The molecule has 0 saturated carbocycles. The molecule has 4 heteroatoms. The number of halogens is 1. The smallest absolute Gasteiger partial charge is 0.130 e. The van der Waals surface area contributed by atoms with Crippen LogP contribution in [-0.2, 0) is 4.74 Å². The van der Waals surface area contributed by atoms with E-state index in [0.717, 1.165) is 49.7 Å². The summed E-state index contributed by atoms with van der Waals surface area (Å²) in [5, 5.41) is 3.16. The molecule has 1 aromatic carbocycles. The first kappa shape index (κ1) is 11.0. The lowest BCUT2D eigenvalue weighted by molar-refractivity contribution is 0.122. The average Bonchev–Trinajstić information content (AvgIpc) is 3.14. The highest BCUT2D eigenvalue weighted by Crippen LogP contribution is 2.31.